The van der Waals surface area contributed by atoms with Crippen LogP contribution in [0.3, 0.4) is 0 Å². The summed E-state index contributed by atoms with van der Waals surface area (Å²) in [5.41, 5.74) is 0.908. The van der Waals surface area contributed by atoms with Gasteiger partial charge in [-0.05, 0) is 57.4 Å². The molecule has 0 radical (unpaired) electrons. The summed E-state index contributed by atoms with van der Waals surface area (Å²) in [6.45, 7) is 5.27. The van der Waals surface area contributed by atoms with Gasteiger partial charge in [-0.3, -0.25) is 0 Å². The Hall–Kier alpha value is -1.29. The van der Waals surface area contributed by atoms with Crippen LogP contribution >= 0.6 is 0 Å². The molecule has 1 saturated carbocycles. The predicted octanol–water partition coefficient (Wildman–Crippen LogP) is 6.07. The third-order valence-corrected chi connectivity index (χ3v) is 5.95. The molecule has 152 valence electrons. The number of aryl methyl sites for hydroxylation is 1. The monoisotopic (exact) mass is 378 g/mol. The van der Waals surface area contributed by atoms with Crippen LogP contribution in [0.2, 0.25) is 0 Å². The van der Waals surface area contributed by atoms with Crippen LogP contribution in [0.5, 0.6) is 11.5 Å². The van der Waals surface area contributed by atoms with Gasteiger partial charge in [0.1, 0.15) is 12.4 Å². The first-order chi connectivity index (χ1) is 13.2. The predicted molar refractivity (Wildman–Crippen MR) is 106 cm³/mol. The van der Waals surface area contributed by atoms with Crippen molar-refractivity contribution in [3.05, 3.63) is 23.5 Å². The number of unbranched alkanes of at least 4 members (excludes halogenated alkanes) is 2. The van der Waals surface area contributed by atoms with E-state index in [1.54, 1.807) is 0 Å². The van der Waals surface area contributed by atoms with Crippen LogP contribution in [-0.4, -0.2) is 25.4 Å². The maximum absolute atomic E-state index is 14.2. The minimum atomic E-state index is -0.323. The number of ether oxygens (including phenoxy) is 3. The fraction of sp³-hybridized carbons (Fsp3) is 0.739. The average Bonchev–Trinajstić information content (AvgIpc) is 2.67. The standard InChI is InChI=1S/C23H35FO3/c1-3-4-5-6-18-8-11-20(12-9-18)25-13-14-26-21-15-19-10-7-17(2)27-23(19)22(24)16-21/h15-18,20H,3-14H2,1-2H3. The van der Waals surface area contributed by atoms with Crippen LogP contribution in [0.25, 0.3) is 0 Å². The number of rotatable bonds is 9. The molecule has 1 aromatic rings. The van der Waals surface area contributed by atoms with Gasteiger partial charge in [-0.1, -0.05) is 32.6 Å². The van der Waals surface area contributed by atoms with E-state index >= 15 is 0 Å². The van der Waals surface area contributed by atoms with E-state index in [0.29, 0.717) is 30.8 Å². The Kier molecular flexibility index (Phi) is 7.81. The van der Waals surface area contributed by atoms with Gasteiger partial charge in [-0.25, -0.2) is 4.39 Å². The Morgan fingerprint density at radius 2 is 1.89 bits per heavy atom. The van der Waals surface area contributed by atoms with Crippen molar-refractivity contribution in [3.63, 3.8) is 0 Å². The summed E-state index contributed by atoms with van der Waals surface area (Å²) in [6.07, 6.45) is 12.6. The molecule has 1 heterocycles. The molecule has 3 nitrogen and oxygen atoms in total. The Morgan fingerprint density at radius 3 is 2.67 bits per heavy atom. The summed E-state index contributed by atoms with van der Waals surface area (Å²) < 4.78 is 31.6. The number of benzene rings is 1. The molecule has 1 atom stereocenters. The maximum Gasteiger partial charge on any atom is 0.169 e. The average molecular weight is 379 g/mol. The Balaban J connectivity index is 1.35. The number of fused-ring (bicyclic) bond motifs is 1. The second kappa shape index (κ2) is 10.3. The van der Waals surface area contributed by atoms with Gasteiger partial charge in [-0.15, -0.1) is 0 Å². The zero-order valence-electron chi connectivity index (χ0n) is 17.0. The molecule has 1 aromatic carbocycles. The van der Waals surface area contributed by atoms with Gasteiger partial charge in [0.15, 0.2) is 11.6 Å². The highest BCUT2D eigenvalue weighted by atomic mass is 19.1. The van der Waals surface area contributed by atoms with E-state index in [1.165, 1.54) is 57.4 Å². The van der Waals surface area contributed by atoms with E-state index in [1.807, 2.05) is 13.0 Å². The molecule has 1 fully saturated rings. The van der Waals surface area contributed by atoms with Crippen LogP contribution in [0.4, 0.5) is 4.39 Å². The first kappa shape index (κ1) is 20.4. The van der Waals surface area contributed by atoms with E-state index in [9.17, 15) is 4.39 Å². The molecule has 0 spiro atoms. The highest BCUT2D eigenvalue weighted by molar-refractivity contribution is 5.43. The zero-order valence-corrected chi connectivity index (χ0v) is 17.0. The molecule has 0 saturated heterocycles. The second-order valence-electron chi connectivity index (χ2n) is 8.22. The molecule has 2 aliphatic rings. The molecule has 0 bridgehead atoms. The van der Waals surface area contributed by atoms with E-state index in [0.717, 1.165) is 24.3 Å². The van der Waals surface area contributed by atoms with Gasteiger partial charge >= 0.3 is 0 Å². The van der Waals surface area contributed by atoms with Gasteiger partial charge in [0.25, 0.3) is 0 Å². The normalized spacial score (nSPS) is 24.9. The first-order valence-corrected chi connectivity index (χ1v) is 10.9. The van der Waals surface area contributed by atoms with Crippen LogP contribution in [-0.2, 0) is 11.2 Å². The van der Waals surface area contributed by atoms with Crippen molar-refractivity contribution in [2.75, 3.05) is 13.2 Å². The summed E-state index contributed by atoms with van der Waals surface area (Å²) in [7, 11) is 0. The summed E-state index contributed by atoms with van der Waals surface area (Å²) in [5, 5.41) is 0. The SMILES string of the molecule is CCCCCC1CCC(OCCOc2cc(F)c3c(c2)CCC(C)O3)CC1. The summed E-state index contributed by atoms with van der Waals surface area (Å²) >= 11 is 0. The molecular weight excluding hydrogens is 343 g/mol. The highest BCUT2D eigenvalue weighted by Crippen LogP contribution is 2.34. The minimum Gasteiger partial charge on any atom is -0.491 e. The van der Waals surface area contributed by atoms with Crippen molar-refractivity contribution in [2.24, 2.45) is 5.92 Å². The first-order valence-electron chi connectivity index (χ1n) is 10.9. The van der Waals surface area contributed by atoms with Crippen molar-refractivity contribution in [2.45, 2.75) is 90.3 Å². The lowest BCUT2D eigenvalue weighted by molar-refractivity contribution is 0.00329. The fourth-order valence-corrected chi connectivity index (χ4v) is 4.29. The van der Waals surface area contributed by atoms with E-state index in [4.69, 9.17) is 14.2 Å². The van der Waals surface area contributed by atoms with Gasteiger partial charge in [0.2, 0.25) is 0 Å². The molecule has 3 rings (SSSR count). The molecule has 1 aliphatic heterocycles. The van der Waals surface area contributed by atoms with Crippen LogP contribution in [0.1, 0.15) is 77.2 Å². The van der Waals surface area contributed by atoms with Gasteiger partial charge < -0.3 is 14.2 Å². The molecule has 1 aliphatic carbocycles. The molecule has 1 unspecified atom stereocenters. The van der Waals surface area contributed by atoms with Crippen LogP contribution in [0.15, 0.2) is 12.1 Å². The van der Waals surface area contributed by atoms with E-state index in [-0.39, 0.29) is 11.9 Å². The molecule has 4 heteroatoms. The molecule has 27 heavy (non-hydrogen) atoms. The zero-order chi connectivity index (χ0) is 19.1. The van der Waals surface area contributed by atoms with Gasteiger partial charge in [0, 0.05) is 11.6 Å². The lowest BCUT2D eigenvalue weighted by Crippen LogP contribution is -2.23. The molecule has 0 amide bonds. The van der Waals surface area contributed by atoms with Gasteiger partial charge in [-0.2, -0.15) is 0 Å². The third kappa shape index (κ3) is 6.10. The van der Waals surface area contributed by atoms with E-state index in [2.05, 4.69) is 6.92 Å². The molecule has 0 N–H and O–H groups in total. The number of hydrogen-bond donors (Lipinski definition) is 0. The smallest absolute Gasteiger partial charge is 0.169 e. The molecular formula is C23H35FO3. The quantitative estimate of drug-likeness (QED) is 0.488. The summed E-state index contributed by atoms with van der Waals surface area (Å²) in [6, 6.07) is 3.34. The summed E-state index contributed by atoms with van der Waals surface area (Å²) in [5.74, 6) is 1.55. The minimum absolute atomic E-state index is 0.0777. The maximum atomic E-state index is 14.2. The number of halogens is 1. The highest BCUT2D eigenvalue weighted by Gasteiger charge is 2.22. The Labute approximate surface area is 163 Å². The topological polar surface area (TPSA) is 27.7 Å². The van der Waals surface area contributed by atoms with Crippen molar-refractivity contribution in [1.82, 2.24) is 0 Å². The van der Waals surface area contributed by atoms with Gasteiger partial charge in [0.05, 0.1) is 18.8 Å². The largest absolute Gasteiger partial charge is 0.491 e. The Morgan fingerprint density at radius 1 is 1.07 bits per heavy atom. The second-order valence-corrected chi connectivity index (χ2v) is 8.22. The van der Waals surface area contributed by atoms with Crippen molar-refractivity contribution >= 4 is 0 Å². The van der Waals surface area contributed by atoms with Crippen molar-refractivity contribution in [1.29, 1.82) is 0 Å². The summed E-state index contributed by atoms with van der Waals surface area (Å²) in [4.78, 5) is 0. The lowest BCUT2D eigenvalue weighted by Gasteiger charge is -2.28. The third-order valence-electron chi connectivity index (χ3n) is 5.95. The Bertz CT molecular complexity index is 581. The van der Waals surface area contributed by atoms with E-state index < -0.39 is 0 Å². The molecule has 0 aromatic heterocycles. The fourth-order valence-electron chi connectivity index (χ4n) is 4.29. The van der Waals surface area contributed by atoms with Crippen molar-refractivity contribution < 1.29 is 18.6 Å². The van der Waals surface area contributed by atoms with Crippen LogP contribution < -0.4 is 9.47 Å². The van der Waals surface area contributed by atoms with Crippen molar-refractivity contribution in [3.8, 4) is 11.5 Å². The van der Waals surface area contributed by atoms with Crippen LogP contribution in [0, 0.1) is 11.7 Å². The number of hydrogen-bond acceptors (Lipinski definition) is 3. The lowest BCUT2D eigenvalue weighted by atomic mass is 9.84.